The van der Waals surface area contributed by atoms with Crippen LogP contribution in [0.5, 0.6) is 5.75 Å². The van der Waals surface area contributed by atoms with Crippen LogP contribution in [0.1, 0.15) is 37.2 Å². The van der Waals surface area contributed by atoms with Crippen LogP contribution in [-0.4, -0.2) is 29.3 Å². The van der Waals surface area contributed by atoms with E-state index in [-0.39, 0.29) is 17.0 Å². The summed E-state index contributed by atoms with van der Waals surface area (Å²) in [5.41, 5.74) is 0.937. The summed E-state index contributed by atoms with van der Waals surface area (Å²) in [6.45, 7) is 2.75. The Morgan fingerprint density at radius 1 is 1.39 bits per heavy atom. The summed E-state index contributed by atoms with van der Waals surface area (Å²) >= 11 is 0. The van der Waals surface area contributed by atoms with E-state index in [0.29, 0.717) is 5.82 Å². The molecule has 1 aromatic carbocycles. The topological polar surface area (TPSA) is 86.1 Å². The third kappa shape index (κ3) is 2.61. The van der Waals surface area contributed by atoms with E-state index in [1.54, 1.807) is 22.9 Å². The van der Waals surface area contributed by atoms with Crippen LogP contribution in [0.3, 0.4) is 0 Å². The molecule has 8 heteroatoms. The number of hydrogen-bond acceptors (Lipinski definition) is 5. The van der Waals surface area contributed by atoms with Gasteiger partial charge in [-0.05, 0) is 43.5 Å². The minimum Gasteiger partial charge on any atom is -0.490 e. The van der Waals surface area contributed by atoms with E-state index in [2.05, 4.69) is 14.8 Å². The zero-order valence-corrected chi connectivity index (χ0v) is 13.6. The van der Waals surface area contributed by atoms with Crippen molar-refractivity contribution in [3.63, 3.8) is 0 Å². The number of sulfonamides is 1. The molecule has 7 nitrogen and oxygen atoms in total. The lowest BCUT2D eigenvalue weighted by atomic mass is 10.1. The average molecular weight is 334 g/mol. The maximum Gasteiger partial charge on any atom is 0.241 e. The van der Waals surface area contributed by atoms with Gasteiger partial charge in [-0.3, -0.25) is 0 Å². The van der Waals surface area contributed by atoms with E-state index in [0.717, 1.165) is 37.1 Å². The number of aryl methyl sites for hydroxylation is 1. The lowest BCUT2D eigenvalue weighted by Gasteiger charge is -2.23. The van der Waals surface area contributed by atoms with Crippen LogP contribution in [0.4, 0.5) is 0 Å². The quantitative estimate of drug-likeness (QED) is 0.917. The van der Waals surface area contributed by atoms with Gasteiger partial charge in [-0.1, -0.05) is 0 Å². The molecule has 4 rings (SSSR count). The minimum absolute atomic E-state index is 0.0906. The number of hydrogen-bond donors (Lipinski definition) is 1. The van der Waals surface area contributed by atoms with Crippen LogP contribution < -0.4 is 9.46 Å². The zero-order chi connectivity index (χ0) is 16.0. The van der Waals surface area contributed by atoms with E-state index in [1.165, 1.54) is 6.33 Å². The first-order valence-electron chi connectivity index (χ1n) is 7.72. The Labute approximate surface area is 134 Å². The van der Waals surface area contributed by atoms with Crippen molar-refractivity contribution in [3.8, 4) is 5.75 Å². The highest BCUT2D eigenvalue weighted by Crippen LogP contribution is 2.31. The van der Waals surface area contributed by atoms with Crippen molar-refractivity contribution in [1.29, 1.82) is 0 Å². The zero-order valence-electron chi connectivity index (χ0n) is 12.8. The molecule has 0 bridgehead atoms. The number of benzene rings is 1. The van der Waals surface area contributed by atoms with E-state index in [9.17, 15) is 8.42 Å². The van der Waals surface area contributed by atoms with Crippen LogP contribution in [0, 0.1) is 0 Å². The van der Waals surface area contributed by atoms with E-state index in [1.807, 2.05) is 6.92 Å². The van der Waals surface area contributed by atoms with Gasteiger partial charge >= 0.3 is 0 Å². The summed E-state index contributed by atoms with van der Waals surface area (Å²) in [5.74, 6) is 1.45. The summed E-state index contributed by atoms with van der Waals surface area (Å²) in [7, 11) is -3.61. The molecule has 0 radical (unpaired) electrons. The standard InChI is InChI=1S/C15H18N4O3S/c1-10-7-11-8-12(4-5-14(11)22-10)23(20,21)18-13-3-2-6-19-15(13)16-9-17-19/h4-5,8-10,13,18H,2-3,6-7H2,1H3/t10-,13-/m1/s1. The van der Waals surface area contributed by atoms with Gasteiger partial charge in [0.15, 0.2) is 0 Å². The molecule has 0 saturated heterocycles. The summed E-state index contributed by atoms with van der Waals surface area (Å²) in [6, 6.07) is 4.69. The molecule has 0 fully saturated rings. The van der Waals surface area contributed by atoms with Gasteiger partial charge in [0.1, 0.15) is 24.0 Å². The molecule has 122 valence electrons. The fourth-order valence-corrected chi connectivity index (χ4v) is 4.50. The Morgan fingerprint density at radius 3 is 3.13 bits per heavy atom. The van der Waals surface area contributed by atoms with Gasteiger partial charge in [-0.15, -0.1) is 0 Å². The molecule has 0 spiro atoms. The Bertz CT molecular complexity index is 846. The van der Waals surface area contributed by atoms with Crippen LogP contribution in [0.25, 0.3) is 0 Å². The molecule has 2 aliphatic rings. The predicted octanol–water partition coefficient (Wildman–Crippen LogP) is 1.41. The number of nitrogens with one attached hydrogen (secondary N) is 1. The van der Waals surface area contributed by atoms with Crippen LogP contribution in [-0.2, 0) is 23.0 Å². The number of fused-ring (bicyclic) bond motifs is 2. The van der Waals surface area contributed by atoms with Crippen molar-refractivity contribution >= 4 is 10.0 Å². The molecule has 0 aliphatic carbocycles. The van der Waals surface area contributed by atoms with Crippen molar-refractivity contribution in [2.75, 3.05) is 0 Å². The summed E-state index contributed by atoms with van der Waals surface area (Å²) in [4.78, 5) is 4.46. The van der Waals surface area contributed by atoms with E-state index in [4.69, 9.17) is 4.74 Å². The van der Waals surface area contributed by atoms with Gasteiger partial charge in [-0.2, -0.15) is 5.10 Å². The van der Waals surface area contributed by atoms with Crippen molar-refractivity contribution in [1.82, 2.24) is 19.5 Å². The second-order valence-electron chi connectivity index (χ2n) is 6.06. The van der Waals surface area contributed by atoms with Crippen molar-refractivity contribution in [2.45, 2.75) is 49.8 Å². The molecule has 3 heterocycles. The first-order chi connectivity index (χ1) is 11.0. The Morgan fingerprint density at radius 2 is 2.26 bits per heavy atom. The fourth-order valence-electron chi connectivity index (χ4n) is 3.22. The highest BCUT2D eigenvalue weighted by atomic mass is 32.2. The van der Waals surface area contributed by atoms with Gasteiger partial charge in [0.2, 0.25) is 10.0 Å². The van der Waals surface area contributed by atoms with Gasteiger partial charge in [-0.25, -0.2) is 22.8 Å². The average Bonchev–Trinajstić information content (AvgIpc) is 3.11. The van der Waals surface area contributed by atoms with Gasteiger partial charge in [0, 0.05) is 13.0 Å². The Balaban J connectivity index is 1.61. The fraction of sp³-hybridized carbons (Fsp3) is 0.467. The van der Waals surface area contributed by atoms with E-state index < -0.39 is 10.0 Å². The maximum atomic E-state index is 12.7. The van der Waals surface area contributed by atoms with Gasteiger partial charge < -0.3 is 4.74 Å². The highest BCUT2D eigenvalue weighted by Gasteiger charge is 2.29. The normalized spacial score (nSPS) is 23.2. The molecular formula is C15H18N4O3S. The van der Waals surface area contributed by atoms with Crippen molar-refractivity contribution in [2.24, 2.45) is 0 Å². The number of ether oxygens (including phenoxy) is 1. The number of aromatic nitrogens is 3. The second kappa shape index (κ2) is 5.31. The number of rotatable bonds is 3. The minimum atomic E-state index is -3.61. The van der Waals surface area contributed by atoms with E-state index >= 15 is 0 Å². The first kappa shape index (κ1) is 14.6. The molecule has 1 aromatic heterocycles. The molecule has 23 heavy (non-hydrogen) atoms. The Kier molecular flexibility index (Phi) is 3.38. The largest absolute Gasteiger partial charge is 0.490 e. The molecule has 0 unspecified atom stereocenters. The second-order valence-corrected chi connectivity index (χ2v) is 7.77. The van der Waals surface area contributed by atoms with Crippen molar-refractivity contribution in [3.05, 3.63) is 35.9 Å². The predicted molar refractivity (Wildman–Crippen MR) is 82.6 cm³/mol. The molecule has 2 aliphatic heterocycles. The smallest absolute Gasteiger partial charge is 0.241 e. The SMILES string of the molecule is C[C@@H]1Cc2cc(S(=O)(=O)N[C@@H]3CCCn4ncnc43)ccc2O1. The molecular weight excluding hydrogens is 316 g/mol. The summed E-state index contributed by atoms with van der Waals surface area (Å²) in [5, 5.41) is 4.12. The molecule has 0 amide bonds. The molecule has 0 saturated carbocycles. The monoisotopic (exact) mass is 334 g/mol. The first-order valence-corrected chi connectivity index (χ1v) is 9.21. The van der Waals surface area contributed by atoms with Crippen LogP contribution in [0.15, 0.2) is 29.4 Å². The van der Waals surface area contributed by atoms with Crippen molar-refractivity contribution < 1.29 is 13.2 Å². The molecule has 2 atom stereocenters. The number of nitrogens with zero attached hydrogens (tertiary/aromatic N) is 3. The summed E-state index contributed by atoms with van der Waals surface area (Å²) in [6.07, 6.45) is 3.89. The third-order valence-corrected chi connectivity index (χ3v) is 5.76. The lowest BCUT2D eigenvalue weighted by Crippen LogP contribution is -2.33. The van der Waals surface area contributed by atoms with Gasteiger partial charge in [0.05, 0.1) is 10.9 Å². The summed E-state index contributed by atoms with van der Waals surface area (Å²) < 4.78 is 35.6. The Hall–Kier alpha value is -1.93. The van der Waals surface area contributed by atoms with Gasteiger partial charge in [0.25, 0.3) is 0 Å². The molecule has 2 aromatic rings. The third-order valence-electron chi connectivity index (χ3n) is 4.30. The highest BCUT2D eigenvalue weighted by molar-refractivity contribution is 7.89. The maximum absolute atomic E-state index is 12.7. The van der Waals surface area contributed by atoms with Crippen LogP contribution in [0.2, 0.25) is 0 Å². The molecule has 1 N–H and O–H groups in total. The lowest BCUT2D eigenvalue weighted by molar-refractivity contribution is 0.254. The van der Waals surface area contributed by atoms with Crippen LogP contribution >= 0.6 is 0 Å².